The first-order chi connectivity index (χ1) is 9.54. The lowest BCUT2D eigenvalue weighted by molar-refractivity contribution is 0.0663. The van der Waals surface area contributed by atoms with E-state index in [1.165, 1.54) is 12.1 Å². The number of benzene rings is 1. The molecule has 2 N–H and O–H groups in total. The molecule has 1 aliphatic rings. The fourth-order valence-corrected chi connectivity index (χ4v) is 1.86. The molecule has 0 aliphatic carbocycles. The molecule has 0 fully saturated rings. The van der Waals surface area contributed by atoms with Gasteiger partial charge in [-0.05, 0) is 12.1 Å². The standard InChI is InChI=1S/C13H11FN2O4/c14-5-8(7-20-13(15)19)6-16-11(17)9-3-1-2-4-10(9)12(16)18/h1-5H,6-7H2,(H2,15,19). The number of hydrogen-bond donors (Lipinski definition) is 1. The third-order valence-corrected chi connectivity index (χ3v) is 2.79. The number of primary amides is 1. The average Bonchev–Trinajstić information content (AvgIpc) is 2.68. The van der Waals surface area contributed by atoms with Crippen LogP contribution in [0.25, 0.3) is 0 Å². The average molecular weight is 278 g/mol. The van der Waals surface area contributed by atoms with Gasteiger partial charge in [-0.25, -0.2) is 9.18 Å². The lowest BCUT2D eigenvalue weighted by atomic mass is 10.1. The number of amides is 3. The highest BCUT2D eigenvalue weighted by Gasteiger charge is 2.35. The molecule has 20 heavy (non-hydrogen) atoms. The second kappa shape index (κ2) is 5.52. The van der Waals surface area contributed by atoms with Gasteiger partial charge in [-0.1, -0.05) is 12.1 Å². The Balaban J connectivity index is 2.14. The first-order valence-corrected chi connectivity index (χ1v) is 5.70. The normalized spacial score (nSPS) is 14.4. The minimum atomic E-state index is -1.06. The Morgan fingerprint density at radius 3 is 2.25 bits per heavy atom. The van der Waals surface area contributed by atoms with Crippen LogP contribution in [0.15, 0.2) is 36.2 Å². The summed E-state index contributed by atoms with van der Waals surface area (Å²) < 4.78 is 17.1. The molecule has 0 saturated carbocycles. The van der Waals surface area contributed by atoms with E-state index in [1.54, 1.807) is 12.1 Å². The first kappa shape index (κ1) is 13.7. The summed E-state index contributed by atoms with van der Waals surface area (Å²) in [5.41, 5.74) is 5.27. The summed E-state index contributed by atoms with van der Waals surface area (Å²) in [5.74, 6) is -1.02. The minimum Gasteiger partial charge on any atom is -0.445 e. The van der Waals surface area contributed by atoms with Gasteiger partial charge in [0.25, 0.3) is 11.8 Å². The smallest absolute Gasteiger partial charge is 0.404 e. The van der Waals surface area contributed by atoms with Crippen LogP contribution < -0.4 is 5.73 Å². The van der Waals surface area contributed by atoms with Crippen LogP contribution in [0.5, 0.6) is 0 Å². The molecule has 7 heteroatoms. The van der Waals surface area contributed by atoms with E-state index in [2.05, 4.69) is 4.74 Å². The van der Waals surface area contributed by atoms with Crippen molar-refractivity contribution >= 4 is 17.9 Å². The van der Waals surface area contributed by atoms with Crippen LogP contribution in [0.3, 0.4) is 0 Å². The molecule has 1 aliphatic heterocycles. The van der Waals surface area contributed by atoms with Gasteiger partial charge in [-0.15, -0.1) is 0 Å². The summed E-state index contributed by atoms with van der Waals surface area (Å²) in [4.78, 5) is 35.4. The Morgan fingerprint density at radius 1 is 1.25 bits per heavy atom. The first-order valence-electron chi connectivity index (χ1n) is 5.70. The van der Waals surface area contributed by atoms with Gasteiger partial charge in [0.1, 0.15) is 6.61 Å². The Hall–Kier alpha value is -2.70. The molecule has 0 saturated heterocycles. The maximum absolute atomic E-state index is 12.7. The van der Waals surface area contributed by atoms with E-state index in [9.17, 15) is 18.8 Å². The van der Waals surface area contributed by atoms with Crippen molar-refractivity contribution in [3.05, 3.63) is 47.3 Å². The number of rotatable bonds is 4. The van der Waals surface area contributed by atoms with Gasteiger partial charge in [-0.2, -0.15) is 0 Å². The predicted molar refractivity (Wildman–Crippen MR) is 66.5 cm³/mol. The number of carbonyl (C=O) groups is 3. The molecule has 2 rings (SSSR count). The van der Waals surface area contributed by atoms with Crippen LogP contribution in [-0.4, -0.2) is 36.0 Å². The summed E-state index contributed by atoms with van der Waals surface area (Å²) in [6, 6.07) is 6.31. The van der Waals surface area contributed by atoms with Gasteiger partial charge in [-0.3, -0.25) is 14.5 Å². The van der Waals surface area contributed by atoms with E-state index >= 15 is 0 Å². The fourth-order valence-electron chi connectivity index (χ4n) is 1.86. The van der Waals surface area contributed by atoms with Crippen LogP contribution >= 0.6 is 0 Å². The molecule has 0 atom stereocenters. The summed E-state index contributed by atoms with van der Waals surface area (Å²) in [5, 5.41) is 0. The van der Waals surface area contributed by atoms with E-state index in [0.29, 0.717) is 0 Å². The summed E-state index contributed by atoms with van der Waals surface area (Å²) in [6.07, 6.45) is -0.876. The lowest BCUT2D eigenvalue weighted by Crippen LogP contribution is -2.33. The van der Waals surface area contributed by atoms with Crippen molar-refractivity contribution in [3.63, 3.8) is 0 Å². The molecule has 3 amide bonds. The zero-order valence-electron chi connectivity index (χ0n) is 10.3. The topological polar surface area (TPSA) is 89.7 Å². The number of halogens is 1. The van der Waals surface area contributed by atoms with Crippen molar-refractivity contribution in [2.24, 2.45) is 5.73 Å². The van der Waals surface area contributed by atoms with Crippen molar-refractivity contribution in [1.29, 1.82) is 0 Å². The monoisotopic (exact) mass is 278 g/mol. The van der Waals surface area contributed by atoms with E-state index in [1.807, 2.05) is 0 Å². The molecule has 0 radical (unpaired) electrons. The van der Waals surface area contributed by atoms with Crippen LogP contribution in [0.1, 0.15) is 20.7 Å². The third-order valence-electron chi connectivity index (χ3n) is 2.79. The van der Waals surface area contributed by atoms with Crippen LogP contribution in [0.2, 0.25) is 0 Å². The molecular weight excluding hydrogens is 267 g/mol. The molecule has 0 unspecified atom stereocenters. The number of nitrogens with two attached hydrogens (primary N) is 1. The molecule has 1 aromatic rings. The Bertz CT molecular complexity index is 577. The lowest BCUT2D eigenvalue weighted by Gasteiger charge is -2.15. The van der Waals surface area contributed by atoms with E-state index < -0.39 is 24.5 Å². The summed E-state index contributed by atoms with van der Waals surface area (Å²) in [7, 11) is 0. The zero-order chi connectivity index (χ0) is 14.7. The third kappa shape index (κ3) is 2.51. The van der Waals surface area contributed by atoms with Crippen LogP contribution in [-0.2, 0) is 4.74 Å². The molecule has 6 nitrogen and oxygen atoms in total. The van der Waals surface area contributed by atoms with Crippen molar-refractivity contribution in [3.8, 4) is 0 Å². The minimum absolute atomic E-state index is 0.0432. The Labute approximate surface area is 113 Å². The number of fused-ring (bicyclic) bond motifs is 1. The number of nitrogens with zero attached hydrogens (tertiary/aromatic N) is 1. The molecule has 0 bridgehead atoms. The summed E-state index contributed by atoms with van der Waals surface area (Å²) in [6.45, 7) is -0.713. The van der Waals surface area contributed by atoms with Crippen LogP contribution in [0, 0.1) is 0 Å². The second-order valence-corrected chi connectivity index (χ2v) is 4.12. The molecular formula is C13H11FN2O4. The SMILES string of the molecule is NC(=O)OCC(=CF)CN1C(=O)c2ccccc2C1=O. The number of imide groups is 1. The predicted octanol–water partition coefficient (Wildman–Crippen LogP) is 1.23. The zero-order valence-corrected chi connectivity index (χ0v) is 10.3. The van der Waals surface area contributed by atoms with Gasteiger partial charge >= 0.3 is 6.09 Å². The highest BCUT2D eigenvalue weighted by atomic mass is 19.1. The molecule has 0 spiro atoms. The van der Waals surface area contributed by atoms with Crippen molar-refractivity contribution in [2.75, 3.05) is 13.2 Å². The van der Waals surface area contributed by atoms with Crippen molar-refractivity contribution < 1.29 is 23.5 Å². The maximum Gasteiger partial charge on any atom is 0.404 e. The molecule has 1 heterocycles. The van der Waals surface area contributed by atoms with Gasteiger partial charge in [0.15, 0.2) is 0 Å². The van der Waals surface area contributed by atoms with Gasteiger partial charge in [0, 0.05) is 5.57 Å². The number of hydrogen-bond acceptors (Lipinski definition) is 4. The fraction of sp³-hybridized carbons (Fsp3) is 0.154. The molecule has 1 aromatic carbocycles. The summed E-state index contributed by atoms with van der Waals surface area (Å²) >= 11 is 0. The maximum atomic E-state index is 12.7. The molecule has 0 aromatic heterocycles. The quantitative estimate of drug-likeness (QED) is 0.839. The highest BCUT2D eigenvalue weighted by Crippen LogP contribution is 2.23. The number of ether oxygens (including phenoxy) is 1. The van der Waals surface area contributed by atoms with E-state index in [4.69, 9.17) is 5.73 Å². The van der Waals surface area contributed by atoms with Gasteiger partial charge < -0.3 is 10.5 Å². The second-order valence-electron chi connectivity index (χ2n) is 4.12. The largest absolute Gasteiger partial charge is 0.445 e. The van der Waals surface area contributed by atoms with Gasteiger partial charge in [0.2, 0.25) is 0 Å². The van der Waals surface area contributed by atoms with Crippen LogP contribution in [0.4, 0.5) is 9.18 Å². The molecule has 104 valence electrons. The number of carbonyl (C=O) groups excluding carboxylic acids is 3. The van der Waals surface area contributed by atoms with Gasteiger partial charge in [0.05, 0.1) is 24.0 Å². The van der Waals surface area contributed by atoms with Crippen molar-refractivity contribution in [2.45, 2.75) is 0 Å². The highest BCUT2D eigenvalue weighted by molar-refractivity contribution is 6.21. The van der Waals surface area contributed by atoms with Crippen molar-refractivity contribution in [1.82, 2.24) is 4.90 Å². The van der Waals surface area contributed by atoms with E-state index in [-0.39, 0.29) is 29.6 Å². The Morgan fingerprint density at radius 2 is 1.80 bits per heavy atom. The Kier molecular flexibility index (Phi) is 3.79. The van der Waals surface area contributed by atoms with E-state index in [0.717, 1.165) is 4.90 Å².